The van der Waals surface area contributed by atoms with E-state index in [0.29, 0.717) is 25.8 Å². The highest BCUT2D eigenvalue weighted by atomic mass is 16.6. The first-order valence-corrected chi connectivity index (χ1v) is 14.7. The number of hydrogen-bond donors (Lipinski definition) is 1. The van der Waals surface area contributed by atoms with Gasteiger partial charge in [0.25, 0.3) is 5.91 Å². The molecule has 216 valence electrons. The highest BCUT2D eigenvalue weighted by Crippen LogP contribution is 2.58. The first kappa shape index (κ1) is 28.4. The van der Waals surface area contributed by atoms with E-state index < -0.39 is 35.0 Å². The van der Waals surface area contributed by atoms with E-state index in [2.05, 4.69) is 18.7 Å². The van der Waals surface area contributed by atoms with E-state index in [-0.39, 0.29) is 31.6 Å². The van der Waals surface area contributed by atoms with E-state index in [1.165, 1.54) is 4.90 Å². The fourth-order valence-corrected chi connectivity index (χ4v) is 7.02. The van der Waals surface area contributed by atoms with Crippen molar-refractivity contribution in [3.63, 3.8) is 0 Å². The second-order valence-corrected chi connectivity index (χ2v) is 11.0. The number of benzene rings is 1. The molecule has 0 aromatic heterocycles. The molecule has 1 spiro atoms. The lowest BCUT2D eigenvalue weighted by molar-refractivity contribution is -0.159. The minimum atomic E-state index is -1.33. The Morgan fingerprint density at radius 3 is 2.42 bits per heavy atom. The number of carbonyl (C=O) groups is 3. The van der Waals surface area contributed by atoms with Crippen molar-refractivity contribution in [2.75, 3.05) is 49.2 Å². The summed E-state index contributed by atoms with van der Waals surface area (Å²) in [6.07, 6.45) is 9.86. The van der Waals surface area contributed by atoms with E-state index in [9.17, 15) is 19.5 Å². The molecule has 1 aromatic rings. The van der Waals surface area contributed by atoms with Gasteiger partial charge in [-0.3, -0.25) is 14.4 Å². The Kier molecular flexibility index (Phi) is 8.06. The van der Waals surface area contributed by atoms with Crippen LogP contribution in [0.1, 0.15) is 46.5 Å². The third kappa shape index (κ3) is 4.43. The molecule has 4 aliphatic heterocycles. The van der Waals surface area contributed by atoms with Crippen LogP contribution in [-0.4, -0.2) is 84.4 Å². The number of rotatable bonds is 8. The van der Waals surface area contributed by atoms with Crippen LogP contribution in [0.25, 0.3) is 0 Å². The summed E-state index contributed by atoms with van der Waals surface area (Å²) in [6.45, 7) is 8.56. The van der Waals surface area contributed by atoms with Gasteiger partial charge in [-0.25, -0.2) is 0 Å². The van der Waals surface area contributed by atoms with Crippen molar-refractivity contribution in [2.24, 2.45) is 11.8 Å². The fraction of sp³-hybridized carbons (Fsp3) is 0.581. The normalized spacial score (nSPS) is 32.4. The van der Waals surface area contributed by atoms with E-state index in [1.54, 1.807) is 4.90 Å². The van der Waals surface area contributed by atoms with Crippen LogP contribution in [0.15, 0.2) is 48.6 Å². The minimum Gasteiger partial charge on any atom is -0.465 e. The van der Waals surface area contributed by atoms with Gasteiger partial charge in [-0.2, -0.15) is 0 Å². The molecular weight excluding hydrogens is 510 g/mol. The number of carbonyl (C=O) groups excluding carboxylic acids is 3. The SMILES string of the molecule is CCN(CC)c1ccc(N2CC=C[C@]34O[C@]5(CC)/C=C\CCCOC(=O)[C@@H]5[C@H]3C(=O)N(CCCO)C4C2=O)cc1. The Morgan fingerprint density at radius 2 is 1.75 bits per heavy atom. The topological polar surface area (TPSA) is 99.6 Å². The van der Waals surface area contributed by atoms with Crippen molar-refractivity contribution < 1.29 is 29.0 Å². The quantitative estimate of drug-likeness (QED) is 0.392. The Balaban J connectivity index is 1.59. The number of likely N-dealkylation sites (tertiary alicyclic amines) is 1. The van der Waals surface area contributed by atoms with Crippen molar-refractivity contribution in [3.05, 3.63) is 48.6 Å². The summed E-state index contributed by atoms with van der Waals surface area (Å²) >= 11 is 0. The summed E-state index contributed by atoms with van der Waals surface area (Å²) in [5.74, 6) is -2.81. The van der Waals surface area contributed by atoms with Crippen molar-refractivity contribution in [1.82, 2.24) is 4.90 Å². The number of esters is 1. The standard InChI is InChI=1S/C31H41N3O6/c1-4-30-16-8-7-9-21-39-29(38)25(30)24-27(36)34(19-11-20-35)26-28(37)33(18-10-17-31(24,26)40-30)23-14-12-22(13-15-23)32(5-2)6-3/h8,10,12-17,24-26,35H,4-7,9,11,18-21H2,1-3H3/b16-8-/t24-,25-,26?,30+,31-/m0/s1. The van der Waals surface area contributed by atoms with Crippen LogP contribution in [0.4, 0.5) is 11.4 Å². The predicted molar refractivity (Wildman–Crippen MR) is 152 cm³/mol. The average Bonchev–Trinajstić information content (AvgIpc) is 3.34. The Labute approximate surface area is 236 Å². The van der Waals surface area contributed by atoms with Gasteiger partial charge in [0, 0.05) is 44.2 Å². The highest BCUT2D eigenvalue weighted by Gasteiger charge is 2.75. The molecule has 40 heavy (non-hydrogen) atoms. The molecule has 0 bridgehead atoms. The zero-order valence-electron chi connectivity index (χ0n) is 23.8. The van der Waals surface area contributed by atoms with Crippen molar-refractivity contribution in [2.45, 2.75) is 63.7 Å². The van der Waals surface area contributed by atoms with Crippen LogP contribution in [0.3, 0.4) is 0 Å². The number of cyclic esters (lactones) is 1. The van der Waals surface area contributed by atoms with Gasteiger partial charge in [-0.1, -0.05) is 31.2 Å². The molecule has 0 saturated carbocycles. The number of fused-ring (bicyclic) bond motifs is 2. The first-order chi connectivity index (χ1) is 19.4. The van der Waals surface area contributed by atoms with Gasteiger partial charge in [0.2, 0.25) is 5.91 Å². The summed E-state index contributed by atoms with van der Waals surface area (Å²) < 4.78 is 12.6. The van der Waals surface area contributed by atoms with Gasteiger partial charge >= 0.3 is 5.97 Å². The lowest BCUT2D eigenvalue weighted by atomic mass is 9.73. The molecule has 1 N–H and O–H groups in total. The predicted octanol–water partition coefficient (Wildman–Crippen LogP) is 3.07. The van der Waals surface area contributed by atoms with Crippen LogP contribution < -0.4 is 9.80 Å². The highest BCUT2D eigenvalue weighted by molar-refractivity contribution is 6.05. The lowest BCUT2D eigenvalue weighted by Gasteiger charge is -2.38. The van der Waals surface area contributed by atoms with Crippen LogP contribution in [-0.2, 0) is 23.9 Å². The molecule has 9 heteroatoms. The van der Waals surface area contributed by atoms with Gasteiger partial charge in [-0.15, -0.1) is 0 Å². The second kappa shape index (κ2) is 11.4. The summed E-state index contributed by atoms with van der Waals surface area (Å²) in [4.78, 5) is 47.7. The largest absolute Gasteiger partial charge is 0.465 e. The van der Waals surface area contributed by atoms with Crippen molar-refractivity contribution >= 4 is 29.2 Å². The fourth-order valence-electron chi connectivity index (χ4n) is 7.02. The van der Waals surface area contributed by atoms with Crippen LogP contribution >= 0.6 is 0 Å². The minimum absolute atomic E-state index is 0.122. The lowest BCUT2D eigenvalue weighted by Crippen LogP contribution is -2.56. The Bertz CT molecular complexity index is 1180. The number of aliphatic hydroxyl groups excluding tert-OH is 1. The molecule has 2 fully saturated rings. The molecule has 5 atom stereocenters. The van der Waals surface area contributed by atoms with Crippen LogP contribution in [0.2, 0.25) is 0 Å². The monoisotopic (exact) mass is 551 g/mol. The summed E-state index contributed by atoms with van der Waals surface area (Å²) in [6, 6.07) is 6.91. The molecule has 4 aliphatic rings. The summed E-state index contributed by atoms with van der Waals surface area (Å²) in [5, 5.41) is 9.62. The van der Waals surface area contributed by atoms with Gasteiger partial charge in [0.15, 0.2) is 0 Å². The zero-order valence-corrected chi connectivity index (χ0v) is 23.8. The summed E-state index contributed by atoms with van der Waals surface area (Å²) in [7, 11) is 0. The Hall–Kier alpha value is -3.17. The van der Waals surface area contributed by atoms with E-state index in [1.807, 2.05) is 55.5 Å². The number of nitrogens with zero attached hydrogens (tertiary/aromatic N) is 3. The average molecular weight is 552 g/mol. The molecule has 1 unspecified atom stereocenters. The maximum absolute atomic E-state index is 14.5. The maximum Gasteiger partial charge on any atom is 0.313 e. The smallest absolute Gasteiger partial charge is 0.313 e. The van der Waals surface area contributed by atoms with Crippen molar-refractivity contribution in [3.8, 4) is 0 Å². The van der Waals surface area contributed by atoms with Crippen LogP contribution in [0.5, 0.6) is 0 Å². The molecule has 0 radical (unpaired) electrons. The van der Waals surface area contributed by atoms with Gasteiger partial charge in [0.05, 0.1) is 12.5 Å². The van der Waals surface area contributed by atoms with Gasteiger partial charge in [-0.05, 0) is 63.8 Å². The number of anilines is 2. The third-order valence-corrected chi connectivity index (χ3v) is 8.98. The molecule has 0 aliphatic carbocycles. The number of amides is 2. The van der Waals surface area contributed by atoms with Gasteiger partial charge in [0.1, 0.15) is 23.2 Å². The molecule has 9 nitrogen and oxygen atoms in total. The molecule has 2 saturated heterocycles. The van der Waals surface area contributed by atoms with E-state index in [0.717, 1.165) is 30.9 Å². The number of hydrogen-bond acceptors (Lipinski definition) is 7. The van der Waals surface area contributed by atoms with E-state index >= 15 is 0 Å². The molecule has 2 amide bonds. The zero-order chi connectivity index (χ0) is 28.5. The number of allylic oxidation sites excluding steroid dienone is 1. The number of ether oxygens (including phenoxy) is 2. The first-order valence-electron chi connectivity index (χ1n) is 14.7. The number of aliphatic hydroxyl groups is 1. The van der Waals surface area contributed by atoms with Crippen LogP contribution in [0, 0.1) is 11.8 Å². The van der Waals surface area contributed by atoms with Gasteiger partial charge < -0.3 is 29.3 Å². The maximum atomic E-state index is 14.5. The Morgan fingerprint density at radius 1 is 1.00 bits per heavy atom. The third-order valence-electron chi connectivity index (χ3n) is 8.98. The molecule has 1 aromatic carbocycles. The molecule has 5 rings (SSSR count). The summed E-state index contributed by atoms with van der Waals surface area (Å²) in [5.41, 5.74) is -0.590. The van der Waals surface area contributed by atoms with E-state index in [4.69, 9.17) is 9.47 Å². The van der Waals surface area contributed by atoms with Crippen molar-refractivity contribution in [1.29, 1.82) is 0 Å². The second-order valence-electron chi connectivity index (χ2n) is 11.0. The molecule has 4 heterocycles. The molecular formula is C31H41N3O6.